The van der Waals surface area contributed by atoms with Crippen molar-refractivity contribution in [3.05, 3.63) is 35.0 Å². The third-order valence-corrected chi connectivity index (χ3v) is 6.71. The summed E-state index contributed by atoms with van der Waals surface area (Å²) in [5.41, 5.74) is 7.85. The number of fused-ring (bicyclic) bond motifs is 1. The minimum absolute atomic E-state index is 0.587. The molecule has 1 aromatic heterocycles. The quantitative estimate of drug-likeness (QED) is 0.787. The van der Waals surface area contributed by atoms with E-state index in [0.717, 1.165) is 40.3 Å². The average molecular weight is 389 g/mol. The van der Waals surface area contributed by atoms with Crippen LogP contribution in [0.25, 0.3) is 16.1 Å². The summed E-state index contributed by atoms with van der Waals surface area (Å²) in [6, 6.07) is 6.27. The summed E-state index contributed by atoms with van der Waals surface area (Å²) >= 11 is 8.04. The molecule has 26 heavy (non-hydrogen) atoms. The van der Waals surface area contributed by atoms with E-state index in [9.17, 15) is 0 Å². The molecule has 1 aromatic carbocycles. The third kappa shape index (κ3) is 3.00. The number of anilines is 1. The fourth-order valence-electron chi connectivity index (χ4n) is 3.88. The SMILES string of the molecule is CN1CC[C@@H]2CN(c3nnc(-c4ccc(/C(C=N)=C/N)cc4Cl)s3)C[C@@H]21. The first-order chi connectivity index (χ1) is 12.6. The van der Waals surface area contributed by atoms with E-state index in [4.69, 9.17) is 22.7 Å². The summed E-state index contributed by atoms with van der Waals surface area (Å²) in [5.74, 6) is 0.734. The number of rotatable bonds is 4. The highest BCUT2D eigenvalue weighted by Crippen LogP contribution is 2.38. The van der Waals surface area contributed by atoms with E-state index in [1.165, 1.54) is 25.4 Å². The van der Waals surface area contributed by atoms with Gasteiger partial charge in [0.25, 0.3) is 0 Å². The predicted octanol–water partition coefficient (Wildman–Crippen LogP) is 2.95. The van der Waals surface area contributed by atoms with E-state index in [1.54, 1.807) is 11.3 Å². The van der Waals surface area contributed by atoms with Crippen LogP contribution in [0.15, 0.2) is 24.4 Å². The molecule has 0 spiro atoms. The van der Waals surface area contributed by atoms with Gasteiger partial charge in [-0.2, -0.15) is 0 Å². The smallest absolute Gasteiger partial charge is 0.208 e. The third-order valence-electron chi connectivity index (χ3n) is 5.38. The Labute approximate surface area is 161 Å². The first kappa shape index (κ1) is 17.5. The Morgan fingerprint density at radius 3 is 2.92 bits per heavy atom. The van der Waals surface area contributed by atoms with E-state index < -0.39 is 0 Å². The molecule has 136 valence electrons. The first-order valence-corrected chi connectivity index (χ1v) is 9.81. The van der Waals surface area contributed by atoms with Gasteiger partial charge in [0.05, 0.1) is 5.02 Å². The highest BCUT2D eigenvalue weighted by molar-refractivity contribution is 7.18. The molecule has 2 aliphatic heterocycles. The van der Waals surface area contributed by atoms with Crippen LogP contribution in [-0.4, -0.2) is 54.0 Å². The van der Waals surface area contributed by atoms with Crippen LogP contribution >= 0.6 is 22.9 Å². The van der Waals surface area contributed by atoms with Gasteiger partial charge < -0.3 is 20.9 Å². The van der Waals surface area contributed by atoms with Crippen molar-refractivity contribution in [1.29, 1.82) is 5.41 Å². The molecular weight excluding hydrogens is 368 g/mol. The molecule has 3 heterocycles. The van der Waals surface area contributed by atoms with Crippen LogP contribution in [0.4, 0.5) is 5.13 Å². The number of allylic oxidation sites excluding steroid dienone is 1. The lowest BCUT2D eigenvalue weighted by Gasteiger charge is -2.19. The number of nitrogens with one attached hydrogen (secondary N) is 1. The molecule has 0 saturated carbocycles. The summed E-state index contributed by atoms with van der Waals surface area (Å²) < 4.78 is 0. The molecule has 2 atom stereocenters. The zero-order valence-electron chi connectivity index (χ0n) is 14.5. The van der Waals surface area contributed by atoms with Gasteiger partial charge in [0.15, 0.2) is 5.01 Å². The zero-order chi connectivity index (χ0) is 18.3. The maximum absolute atomic E-state index is 7.41. The van der Waals surface area contributed by atoms with Crippen LogP contribution in [0.5, 0.6) is 0 Å². The van der Waals surface area contributed by atoms with Crippen molar-refractivity contribution >= 4 is 39.9 Å². The molecule has 2 saturated heterocycles. The van der Waals surface area contributed by atoms with Gasteiger partial charge in [-0.25, -0.2) is 0 Å². The Kier molecular flexibility index (Phi) is 4.69. The molecule has 2 aromatic rings. The van der Waals surface area contributed by atoms with Crippen molar-refractivity contribution in [3.63, 3.8) is 0 Å². The molecule has 0 aliphatic carbocycles. The van der Waals surface area contributed by atoms with E-state index in [-0.39, 0.29) is 0 Å². The molecule has 6 nitrogen and oxygen atoms in total. The van der Waals surface area contributed by atoms with Gasteiger partial charge in [0.2, 0.25) is 5.13 Å². The summed E-state index contributed by atoms with van der Waals surface area (Å²) in [6.07, 6.45) is 3.89. The normalized spacial score (nSPS) is 23.5. The fraction of sp³-hybridized carbons (Fsp3) is 0.389. The molecule has 2 aliphatic rings. The van der Waals surface area contributed by atoms with Crippen LogP contribution < -0.4 is 10.6 Å². The van der Waals surface area contributed by atoms with Gasteiger partial charge >= 0.3 is 0 Å². The van der Waals surface area contributed by atoms with Crippen LogP contribution in [-0.2, 0) is 0 Å². The molecule has 2 fully saturated rings. The van der Waals surface area contributed by atoms with Gasteiger partial charge in [-0.05, 0) is 43.6 Å². The van der Waals surface area contributed by atoms with Crippen LogP contribution in [0.2, 0.25) is 5.02 Å². The van der Waals surface area contributed by atoms with Crippen molar-refractivity contribution in [3.8, 4) is 10.6 Å². The Bertz CT molecular complexity index is 863. The highest BCUT2D eigenvalue weighted by atomic mass is 35.5. The van der Waals surface area contributed by atoms with Crippen LogP contribution in [0, 0.1) is 11.3 Å². The number of benzene rings is 1. The van der Waals surface area contributed by atoms with Crippen molar-refractivity contribution in [1.82, 2.24) is 15.1 Å². The van der Waals surface area contributed by atoms with Gasteiger partial charge in [-0.3, -0.25) is 0 Å². The van der Waals surface area contributed by atoms with Gasteiger partial charge in [0.1, 0.15) is 0 Å². The molecular formula is C18H21ClN6S. The lowest BCUT2D eigenvalue weighted by atomic mass is 10.1. The number of likely N-dealkylation sites (N-methyl/N-ethyl adjacent to an activating group) is 1. The van der Waals surface area contributed by atoms with E-state index in [1.807, 2.05) is 18.2 Å². The molecule has 0 radical (unpaired) electrons. The molecule has 0 bridgehead atoms. The zero-order valence-corrected chi connectivity index (χ0v) is 16.1. The first-order valence-electron chi connectivity index (χ1n) is 8.62. The second-order valence-corrected chi connectivity index (χ2v) is 8.22. The minimum Gasteiger partial charge on any atom is -0.404 e. The van der Waals surface area contributed by atoms with E-state index in [0.29, 0.717) is 16.6 Å². The molecule has 8 heteroatoms. The maximum atomic E-state index is 7.41. The van der Waals surface area contributed by atoms with Gasteiger partial charge in [-0.15, -0.1) is 10.2 Å². The number of aromatic nitrogens is 2. The topological polar surface area (TPSA) is 82.1 Å². The Hall–Kier alpha value is -1.96. The van der Waals surface area contributed by atoms with Gasteiger partial charge in [0, 0.05) is 42.7 Å². The van der Waals surface area contributed by atoms with Crippen LogP contribution in [0.3, 0.4) is 0 Å². The number of nitrogens with zero attached hydrogens (tertiary/aromatic N) is 4. The Morgan fingerprint density at radius 1 is 1.38 bits per heavy atom. The van der Waals surface area contributed by atoms with Crippen LogP contribution in [0.1, 0.15) is 12.0 Å². The van der Waals surface area contributed by atoms with E-state index in [2.05, 4.69) is 27.0 Å². The van der Waals surface area contributed by atoms with Crippen molar-refractivity contribution in [2.75, 3.05) is 31.6 Å². The maximum Gasteiger partial charge on any atom is 0.208 e. The van der Waals surface area contributed by atoms with E-state index >= 15 is 0 Å². The van der Waals surface area contributed by atoms with Crippen molar-refractivity contribution in [2.45, 2.75) is 12.5 Å². The lowest BCUT2D eigenvalue weighted by molar-refractivity contribution is 0.310. The average Bonchev–Trinajstić information content (AvgIpc) is 3.34. The predicted molar refractivity (Wildman–Crippen MR) is 108 cm³/mol. The molecule has 0 amide bonds. The monoisotopic (exact) mass is 388 g/mol. The standard InChI is InChI=1S/C18H21ClN6S/c1-24-5-4-12-9-25(10-16(12)24)18-23-22-17(26-18)14-3-2-11(6-15(14)19)13(7-20)8-21/h2-3,6-8,12,16,20H,4-5,9-10,21H2,1H3/b13-8+,20-7?/t12-,16+/m1/s1. The number of hydrogen-bond donors (Lipinski definition) is 2. The summed E-state index contributed by atoms with van der Waals surface area (Å²) in [5, 5.41) is 18.5. The second kappa shape index (κ2) is 6.98. The summed E-state index contributed by atoms with van der Waals surface area (Å²) in [4.78, 5) is 4.80. The van der Waals surface area contributed by atoms with Gasteiger partial charge in [-0.1, -0.05) is 29.0 Å². The largest absolute Gasteiger partial charge is 0.404 e. The summed E-state index contributed by atoms with van der Waals surface area (Å²) in [7, 11) is 2.21. The Balaban J connectivity index is 1.56. The Morgan fingerprint density at radius 2 is 2.23 bits per heavy atom. The molecule has 3 N–H and O–H groups in total. The summed E-state index contributed by atoms with van der Waals surface area (Å²) in [6.45, 7) is 3.27. The second-order valence-electron chi connectivity index (χ2n) is 6.85. The van der Waals surface area contributed by atoms with Crippen molar-refractivity contribution < 1.29 is 0 Å². The lowest BCUT2D eigenvalue weighted by Crippen LogP contribution is -2.32. The highest BCUT2D eigenvalue weighted by Gasteiger charge is 2.40. The fourth-order valence-corrected chi connectivity index (χ4v) is 5.10. The molecule has 4 rings (SSSR count). The minimum atomic E-state index is 0.587. The van der Waals surface area contributed by atoms with Crippen molar-refractivity contribution in [2.24, 2.45) is 11.7 Å². The molecule has 0 unspecified atom stereocenters. The number of hydrogen-bond acceptors (Lipinski definition) is 7. The number of nitrogens with two attached hydrogens (primary N) is 1. The number of halogens is 1. The number of likely N-dealkylation sites (tertiary alicyclic amines) is 1.